The summed E-state index contributed by atoms with van der Waals surface area (Å²) < 4.78 is 5.74. The summed E-state index contributed by atoms with van der Waals surface area (Å²) in [7, 11) is 0. The molecular weight excluding hydrogens is 314 g/mol. The topological polar surface area (TPSA) is 59.3 Å². The van der Waals surface area contributed by atoms with Gasteiger partial charge in [-0.1, -0.05) is 48.5 Å². The molecule has 4 rings (SSSR count). The van der Waals surface area contributed by atoms with Crippen molar-refractivity contribution in [3.05, 3.63) is 78.1 Å². The Kier molecular flexibility index (Phi) is 3.58. The summed E-state index contributed by atoms with van der Waals surface area (Å²) in [6, 6.07) is 20.5. The highest BCUT2D eigenvalue weighted by Crippen LogP contribution is 2.37. The first-order chi connectivity index (χ1) is 12.1. The molecule has 3 aromatic carbocycles. The zero-order valence-electron chi connectivity index (χ0n) is 13.6. The van der Waals surface area contributed by atoms with Crippen LogP contribution in [0.15, 0.2) is 71.1 Å². The molecule has 0 aliphatic heterocycles. The van der Waals surface area contributed by atoms with Crippen molar-refractivity contribution in [2.45, 2.75) is 6.92 Å². The summed E-state index contributed by atoms with van der Waals surface area (Å²) in [5.41, 5.74) is 1.52. The molecule has 4 aromatic rings. The van der Waals surface area contributed by atoms with Gasteiger partial charge in [-0.05, 0) is 29.0 Å². The quantitative estimate of drug-likeness (QED) is 0.536. The molecule has 25 heavy (non-hydrogen) atoms. The third kappa shape index (κ3) is 2.58. The van der Waals surface area contributed by atoms with E-state index in [1.54, 1.807) is 24.3 Å². The van der Waals surface area contributed by atoms with Crippen LogP contribution in [0.25, 0.3) is 21.7 Å². The van der Waals surface area contributed by atoms with E-state index in [1.807, 2.05) is 42.5 Å². The van der Waals surface area contributed by atoms with E-state index in [0.29, 0.717) is 16.8 Å². The Bertz CT molecular complexity index is 1110. The second-order valence-corrected chi connectivity index (χ2v) is 5.84. The average Bonchev–Trinajstić information content (AvgIpc) is 3.01. The van der Waals surface area contributed by atoms with Gasteiger partial charge in [0, 0.05) is 12.5 Å². The van der Waals surface area contributed by atoms with Gasteiger partial charge in [0.1, 0.15) is 5.58 Å². The molecule has 1 aromatic heterocycles. The van der Waals surface area contributed by atoms with E-state index < -0.39 is 0 Å². The average molecular weight is 329 g/mol. The summed E-state index contributed by atoms with van der Waals surface area (Å²) >= 11 is 0. The molecule has 0 aliphatic rings. The molecule has 1 N–H and O–H groups in total. The van der Waals surface area contributed by atoms with E-state index in [0.717, 1.165) is 16.2 Å². The minimum Gasteiger partial charge on any atom is -0.451 e. The van der Waals surface area contributed by atoms with E-state index in [1.165, 1.54) is 6.92 Å². The van der Waals surface area contributed by atoms with Crippen LogP contribution in [0.5, 0.6) is 0 Å². The maximum atomic E-state index is 12.6. The van der Waals surface area contributed by atoms with Crippen LogP contribution in [-0.2, 0) is 0 Å². The van der Waals surface area contributed by atoms with Crippen LogP contribution in [-0.4, -0.2) is 11.7 Å². The van der Waals surface area contributed by atoms with E-state index in [4.69, 9.17) is 4.42 Å². The maximum Gasteiger partial charge on any atom is 0.255 e. The number of Topliss-reactive ketones (excluding diaryl/α,β-unsaturated/α-hetero) is 1. The van der Waals surface area contributed by atoms with Crippen LogP contribution in [0.4, 0.5) is 5.69 Å². The summed E-state index contributed by atoms with van der Waals surface area (Å²) in [4.78, 5) is 24.6. The monoisotopic (exact) mass is 329 g/mol. The van der Waals surface area contributed by atoms with Crippen LogP contribution in [0.3, 0.4) is 0 Å². The molecule has 0 saturated carbocycles. The second kappa shape index (κ2) is 5.91. The Morgan fingerprint density at radius 1 is 0.880 bits per heavy atom. The number of carbonyl (C=O) groups is 2. The van der Waals surface area contributed by atoms with Crippen LogP contribution < -0.4 is 5.32 Å². The Morgan fingerprint density at radius 3 is 2.36 bits per heavy atom. The predicted octanol–water partition coefficient (Wildman–Crippen LogP) is 5.04. The summed E-state index contributed by atoms with van der Waals surface area (Å²) in [5.74, 6) is -0.349. The number of fused-ring (bicyclic) bond motifs is 3. The van der Waals surface area contributed by atoms with Gasteiger partial charge < -0.3 is 9.73 Å². The molecule has 0 saturated heterocycles. The second-order valence-electron chi connectivity index (χ2n) is 5.84. The van der Waals surface area contributed by atoms with Gasteiger partial charge in [-0.25, -0.2) is 0 Å². The summed E-state index contributed by atoms with van der Waals surface area (Å²) in [6.45, 7) is 1.43. The van der Waals surface area contributed by atoms with Gasteiger partial charge in [-0.3, -0.25) is 9.59 Å². The zero-order valence-corrected chi connectivity index (χ0v) is 13.6. The molecule has 0 fully saturated rings. The molecule has 0 spiro atoms. The zero-order chi connectivity index (χ0) is 17.4. The third-order valence-electron chi connectivity index (χ3n) is 4.17. The largest absolute Gasteiger partial charge is 0.451 e. The lowest BCUT2D eigenvalue weighted by atomic mass is 10.0. The first kappa shape index (κ1) is 15.1. The van der Waals surface area contributed by atoms with Gasteiger partial charge in [-0.15, -0.1) is 0 Å². The molecular formula is C21H15NO3. The molecule has 0 aliphatic carbocycles. The number of ketones is 1. The molecule has 4 heteroatoms. The number of amides is 1. The third-order valence-corrected chi connectivity index (χ3v) is 4.17. The summed E-state index contributed by atoms with van der Waals surface area (Å²) in [6.07, 6.45) is 0. The molecule has 0 atom stereocenters. The number of rotatable bonds is 3. The number of hydrogen-bond acceptors (Lipinski definition) is 3. The van der Waals surface area contributed by atoms with Crippen LogP contribution in [0, 0.1) is 0 Å². The smallest absolute Gasteiger partial charge is 0.255 e. The Morgan fingerprint density at radius 2 is 1.60 bits per heavy atom. The van der Waals surface area contributed by atoms with Crippen molar-refractivity contribution in [3.8, 4) is 0 Å². The molecule has 0 bridgehead atoms. The van der Waals surface area contributed by atoms with Crippen LogP contribution >= 0.6 is 0 Å². The van der Waals surface area contributed by atoms with Gasteiger partial charge in [0.05, 0.1) is 11.1 Å². The van der Waals surface area contributed by atoms with Gasteiger partial charge in [0.2, 0.25) is 0 Å². The molecule has 0 radical (unpaired) electrons. The molecule has 0 unspecified atom stereocenters. The number of nitrogens with one attached hydrogen (secondary N) is 1. The first-order valence-corrected chi connectivity index (χ1v) is 7.97. The molecule has 1 amide bonds. The number of carbonyl (C=O) groups excluding carboxylic acids is 2. The maximum absolute atomic E-state index is 12.6. The lowest BCUT2D eigenvalue weighted by Gasteiger charge is -2.06. The summed E-state index contributed by atoms with van der Waals surface area (Å²) in [5, 5.41) is 5.56. The van der Waals surface area contributed by atoms with Crippen molar-refractivity contribution in [1.29, 1.82) is 0 Å². The highest BCUT2D eigenvalue weighted by atomic mass is 16.3. The highest BCUT2D eigenvalue weighted by molar-refractivity contribution is 6.21. The lowest BCUT2D eigenvalue weighted by molar-refractivity contribution is 0.0990. The fraction of sp³-hybridized carbons (Fsp3) is 0.0476. The fourth-order valence-electron chi connectivity index (χ4n) is 3.01. The van der Waals surface area contributed by atoms with Crippen molar-refractivity contribution < 1.29 is 14.0 Å². The van der Waals surface area contributed by atoms with Gasteiger partial charge >= 0.3 is 0 Å². The molecule has 1 heterocycles. The van der Waals surface area contributed by atoms with Crippen molar-refractivity contribution in [2.75, 3.05) is 5.32 Å². The van der Waals surface area contributed by atoms with Crippen LogP contribution in [0.1, 0.15) is 27.8 Å². The number of hydrogen-bond donors (Lipinski definition) is 1. The predicted molar refractivity (Wildman–Crippen MR) is 98.1 cm³/mol. The SMILES string of the molecule is CC(=O)c1oc2ccc3ccccc3c2c1NC(=O)c1ccccc1. The van der Waals surface area contributed by atoms with Crippen molar-refractivity contribution in [1.82, 2.24) is 0 Å². The Hall–Kier alpha value is -3.40. The number of anilines is 1. The van der Waals surface area contributed by atoms with Crippen LogP contribution in [0.2, 0.25) is 0 Å². The minimum atomic E-state index is -0.279. The number of furan rings is 1. The first-order valence-electron chi connectivity index (χ1n) is 7.97. The van der Waals surface area contributed by atoms with Gasteiger partial charge in [0.15, 0.2) is 11.5 Å². The normalized spacial score (nSPS) is 10.9. The Labute approximate surface area is 144 Å². The fourth-order valence-corrected chi connectivity index (χ4v) is 3.01. The van der Waals surface area contributed by atoms with Gasteiger partial charge in [0.25, 0.3) is 5.91 Å². The standard InChI is InChI=1S/C21H15NO3/c1-13(23)20-19(22-21(24)15-8-3-2-4-9-15)18-16-10-6-5-7-14(16)11-12-17(18)25-20/h2-12H,1H3,(H,22,24). The lowest BCUT2D eigenvalue weighted by Crippen LogP contribution is -2.13. The minimum absolute atomic E-state index is 0.163. The van der Waals surface area contributed by atoms with E-state index in [9.17, 15) is 9.59 Å². The molecule has 122 valence electrons. The van der Waals surface area contributed by atoms with E-state index >= 15 is 0 Å². The number of benzene rings is 3. The molecule has 4 nitrogen and oxygen atoms in total. The van der Waals surface area contributed by atoms with Crippen molar-refractivity contribution >= 4 is 39.1 Å². The Balaban J connectivity index is 1.94. The van der Waals surface area contributed by atoms with Crippen molar-refractivity contribution in [3.63, 3.8) is 0 Å². The van der Waals surface area contributed by atoms with Gasteiger partial charge in [-0.2, -0.15) is 0 Å². The van der Waals surface area contributed by atoms with E-state index in [2.05, 4.69) is 5.32 Å². The van der Waals surface area contributed by atoms with Crippen molar-refractivity contribution in [2.24, 2.45) is 0 Å². The highest BCUT2D eigenvalue weighted by Gasteiger charge is 2.21. The van der Waals surface area contributed by atoms with E-state index in [-0.39, 0.29) is 17.5 Å².